The Labute approximate surface area is 108 Å². The molecule has 11 heavy (non-hydrogen) atoms. The van der Waals surface area contributed by atoms with Gasteiger partial charge in [0.05, 0.1) is 0 Å². The van der Waals surface area contributed by atoms with Crippen LogP contribution in [0.4, 0.5) is 0 Å². The average molecular weight is 463 g/mol. The Morgan fingerprint density at radius 2 is 1.36 bits per heavy atom. The van der Waals surface area contributed by atoms with Crippen molar-refractivity contribution >= 4 is 51.3 Å². The van der Waals surface area contributed by atoms with E-state index in [1.54, 1.807) is 0 Å². The summed E-state index contributed by atoms with van der Waals surface area (Å²) in [5.41, 5.74) is 5.34. The molecular formula is C8H19INPb. The quantitative estimate of drug-likeness (QED) is 0.366. The molecule has 3 heteroatoms. The van der Waals surface area contributed by atoms with E-state index >= 15 is 0 Å². The molecule has 0 atom stereocenters. The standard InChI is InChI=1S/C8H19N.I.Pb/c1-2-3-4-5-6-7-8-9;;/h2-9H2,1H3;;. The van der Waals surface area contributed by atoms with Crippen LogP contribution in [0.1, 0.15) is 45.4 Å². The number of hydrogen-bond donors (Lipinski definition) is 1. The van der Waals surface area contributed by atoms with Gasteiger partial charge < -0.3 is 5.73 Å². The van der Waals surface area contributed by atoms with Crippen LogP contribution < -0.4 is 5.73 Å². The van der Waals surface area contributed by atoms with Crippen LogP contribution in [-0.2, 0) is 0 Å². The van der Waals surface area contributed by atoms with E-state index in [1.807, 2.05) is 0 Å². The van der Waals surface area contributed by atoms with E-state index in [0.717, 1.165) is 6.54 Å². The Hall–Kier alpha value is 1.61. The van der Waals surface area contributed by atoms with Crippen molar-refractivity contribution < 1.29 is 0 Å². The SMILES string of the molecule is CCCCCCCCN.[I].[Pb]. The maximum absolute atomic E-state index is 5.34. The zero-order valence-electron chi connectivity index (χ0n) is 7.41. The van der Waals surface area contributed by atoms with Crippen molar-refractivity contribution in [2.45, 2.75) is 45.4 Å². The van der Waals surface area contributed by atoms with Crippen LogP contribution in [0.5, 0.6) is 0 Å². The van der Waals surface area contributed by atoms with E-state index in [9.17, 15) is 0 Å². The third kappa shape index (κ3) is 18.5. The topological polar surface area (TPSA) is 26.0 Å². The molecule has 0 spiro atoms. The summed E-state index contributed by atoms with van der Waals surface area (Å²) >= 11 is 0. The van der Waals surface area contributed by atoms with Crippen molar-refractivity contribution in [3.8, 4) is 0 Å². The summed E-state index contributed by atoms with van der Waals surface area (Å²) in [4.78, 5) is 0. The number of hydrogen-bond acceptors (Lipinski definition) is 1. The summed E-state index contributed by atoms with van der Waals surface area (Å²) in [6.07, 6.45) is 8.05. The van der Waals surface area contributed by atoms with Crippen molar-refractivity contribution in [2.24, 2.45) is 5.73 Å². The fourth-order valence-corrected chi connectivity index (χ4v) is 0.925. The van der Waals surface area contributed by atoms with E-state index in [4.69, 9.17) is 5.73 Å². The van der Waals surface area contributed by atoms with Crippen molar-refractivity contribution in [3.63, 3.8) is 0 Å². The molecule has 0 aliphatic rings. The van der Waals surface area contributed by atoms with Crippen LogP contribution in [-0.4, -0.2) is 33.8 Å². The zero-order chi connectivity index (χ0) is 6.95. The largest absolute Gasteiger partial charge is 0.330 e. The van der Waals surface area contributed by atoms with Crippen molar-refractivity contribution in [2.75, 3.05) is 6.54 Å². The first kappa shape index (κ1) is 18.4. The summed E-state index contributed by atoms with van der Waals surface area (Å²) in [6.45, 7) is 3.11. The number of unbranched alkanes of at least 4 members (excludes halogenated alkanes) is 5. The predicted molar refractivity (Wildman–Crippen MR) is 62.2 cm³/mol. The fourth-order valence-electron chi connectivity index (χ4n) is 0.925. The molecule has 0 unspecified atom stereocenters. The average Bonchev–Trinajstić information content (AvgIpc) is 1.89. The molecule has 2 N–H and O–H groups in total. The van der Waals surface area contributed by atoms with E-state index in [2.05, 4.69) is 6.92 Å². The van der Waals surface area contributed by atoms with Gasteiger partial charge in [-0.2, -0.15) is 0 Å². The third-order valence-corrected chi connectivity index (χ3v) is 1.56. The normalized spacial score (nSPS) is 8.18. The van der Waals surface area contributed by atoms with Crippen LogP contribution in [0.25, 0.3) is 0 Å². The molecule has 0 aromatic heterocycles. The van der Waals surface area contributed by atoms with Crippen molar-refractivity contribution in [3.05, 3.63) is 0 Å². The second-order valence-electron chi connectivity index (χ2n) is 2.56. The summed E-state index contributed by atoms with van der Waals surface area (Å²) in [5, 5.41) is 0. The summed E-state index contributed by atoms with van der Waals surface area (Å²) < 4.78 is 0. The fraction of sp³-hybridized carbons (Fsp3) is 1.00. The Kier molecular flexibility index (Phi) is 29.5. The summed E-state index contributed by atoms with van der Waals surface area (Å²) in [7, 11) is 0. The molecule has 0 aliphatic carbocycles. The Morgan fingerprint density at radius 1 is 0.909 bits per heavy atom. The minimum Gasteiger partial charge on any atom is -0.330 e. The van der Waals surface area contributed by atoms with Gasteiger partial charge in [0.1, 0.15) is 0 Å². The maximum Gasteiger partial charge on any atom is 0 e. The van der Waals surface area contributed by atoms with Gasteiger partial charge in [0, 0.05) is 51.3 Å². The second kappa shape index (κ2) is 17.6. The Morgan fingerprint density at radius 3 is 1.82 bits per heavy atom. The van der Waals surface area contributed by atoms with Gasteiger partial charge in [-0.15, -0.1) is 0 Å². The monoisotopic (exact) mass is 464 g/mol. The molecule has 0 bridgehead atoms. The van der Waals surface area contributed by atoms with Crippen LogP contribution in [0.3, 0.4) is 0 Å². The van der Waals surface area contributed by atoms with Crippen molar-refractivity contribution in [1.82, 2.24) is 0 Å². The van der Waals surface area contributed by atoms with E-state index in [1.165, 1.54) is 38.5 Å². The molecule has 0 amide bonds. The molecule has 67 valence electrons. The number of rotatable bonds is 6. The van der Waals surface area contributed by atoms with Crippen LogP contribution >= 0.6 is 24.0 Å². The molecule has 0 aromatic carbocycles. The molecule has 0 rings (SSSR count). The molecule has 0 aliphatic heterocycles. The first-order valence-electron chi connectivity index (χ1n) is 4.12. The molecule has 0 heterocycles. The van der Waals surface area contributed by atoms with Crippen LogP contribution in [0.2, 0.25) is 0 Å². The molecule has 0 saturated heterocycles. The zero-order valence-corrected chi connectivity index (χ0v) is 13.5. The molecule has 0 fully saturated rings. The molecule has 0 aromatic rings. The maximum atomic E-state index is 5.34. The summed E-state index contributed by atoms with van der Waals surface area (Å²) in [5.74, 6) is 0. The number of halogens is 1. The minimum absolute atomic E-state index is 0. The van der Waals surface area contributed by atoms with Gasteiger partial charge in [-0.1, -0.05) is 39.0 Å². The number of nitrogens with two attached hydrogens (primary N) is 1. The second-order valence-corrected chi connectivity index (χ2v) is 2.56. The summed E-state index contributed by atoms with van der Waals surface area (Å²) in [6, 6.07) is 0. The van der Waals surface area contributed by atoms with Crippen LogP contribution in [0.15, 0.2) is 0 Å². The van der Waals surface area contributed by atoms with Gasteiger partial charge >= 0.3 is 0 Å². The molecule has 5 radical (unpaired) electrons. The van der Waals surface area contributed by atoms with Gasteiger partial charge in [0.15, 0.2) is 0 Å². The van der Waals surface area contributed by atoms with Gasteiger partial charge in [-0.05, 0) is 13.0 Å². The van der Waals surface area contributed by atoms with Gasteiger partial charge in [-0.25, -0.2) is 0 Å². The van der Waals surface area contributed by atoms with Crippen LogP contribution in [0, 0.1) is 0 Å². The van der Waals surface area contributed by atoms with E-state index in [0.29, 0.717) is 0 Å². The predicted octanol–water partition coefficient (Wildman–Crippen LogP) is 2.81. The first-order chi connectivity index (χ1) is 4.41. The van der Waals surface area contributed by atoms with Gasteiger partial charge in [0.2, 0.25) is 0 Å². The smallest absolute Gasteiger partial charge is 0 e. The van der Waals surface area contributed by atoms with E-state index < -0.39 is 0 Å². The van der Waals surface area contributed by atoms with E-state index in [-0.39, 0.29) is 51.3 Å². The van der Waals surface area contributed by atoms with Gasteiger partial charge in [0.25, 0.3) is 0 Å². The molecule has 1 nitrogen and oxygen atoms in total. The Balaban J connectivity index is -0.000000320. The third-order valence-electron chi connectivity index (χ3n) is 1.56. The Bertz CT molecular complexity index is 47.4. The van der Waals surface area contributed by atoms with Crippen molar-refractivity contribution in [1.29, 1.82) is 0 Å². The first-order valence-corrected chi connectivity index (χ1v) is 4.12. The molecule has 0 saturated carbocycles. The minimum atomic E-state index is 0. The molecular weight excluding hydrogens is 444 g/mol. The van der Waals surface area contributed by atoms with Gasteiger partial charge in [-0.3, -0.25) is 0 Å².